The van der Waals surface area contributed by atoms with Crippen molar-refractivity contribution in [3.05, 3.63) is 59.7 Å². The first kappa shape index (κ1) is 20.2. The van der Waals surface area contributed by atoms with Gasteiger partial charge in [0, 0.05) is 18.0 Å². The molecule has 1 saturated heterocycles. The molecule has 1 aliphatic heterocycles. The van der Waals surface area contributed by atoms with Crippen molar-refractivity contribution in [1.82, 2.24) is 10.2 Å². The van der Waals surface area contributed by atoms with Crippen LogP contribution in [-0.4, -0.2) is 38.1 Å². The summed E-state index contributed by atoms with van der Waals surface area (Å²) in [5.74, 6) is 1.79. The van der Waals surface area contributed by atoms with E-state index in [0.29, 0.717) is 0 Å². The van der Waals surface area contributed by atoms with Crippen LogP contribution < -0.4 is 14.8 Å². The zero-order valence-corrected chi connectivity index (χ0v) is 17.0. The molecule has 1 heterocycles. The lowest BCUT2D eigenvalue weighted by Crippen LogP contribution is -2.40. The molecule has 0 aliphatic carbocycles. The standard InChI is InChI=1S/C23H30N2O3/c1-17(18-8-5-4-6-9-18)24-23(26)19-12-14-25(15-13-19)16-20-10-7-11-21(27-2)22(20)28-3/h4-11,17,19H,12-16H2,1-3H3,(H,24,26)/t17-/m1/s1. The minimum absolute atomic E-state index is 0.0350. The lowest BCUT2D eigenvalue weighted by Gasteiger charge is -2.32. The number of piperidine rings is 1. The van der Waals surface area contributed by atoms with Gasteiger partial charge in [-0.15, -0.1) is 0 Å². The van der Waals surface area contributed by atoms with E-state index < -0.39 is 0 Å². The first-order chi connectivity index (χ1) is 13.6. The van der Waals surface area contributed by atoms with E-state index in [2.05, 4.69) is 28.4 Å². The van der Waals surface area contributed by atoms with E-state index >= 15 is 0 Å². The number of likely N-dealkylation sites (tertiary alicyclic amines) is 1. The van der Waals surface area contributed by atoms with Crippen LogP contribution in [0.2, 0.25) is 0 Å². The molecule has 0 radical (unpaired) electrons. The number of amides is 1. The zero-order valence-electron chi connectivity index (χ0n) is 17.0. The van der Waals surface area contributed by atoms with Gasteiger partial charge in [0.1, 0.15) is 0 Å². The summed E-state index contributed by atoms with van der Waals surface area (Å²) in [6, 6.07) is 16.1. The number of rotatable bonds is 7. The van der Waals surface area contributed by atoms with Crippen molar-refractivity contribution in [3.63, 3.8) is 0 Å². The summed E-state index contributed by atoms with van der Waals surface area (Å²) in [6.45, 7) is 4.64. The second-order valence-corrected chi connectivity index (χ2v) is 7.34. The van der Waals surface area contributed by atoms with Crippen LogP contribution in [0.5, 0.6) is 11.5 Å². The highest BCUT2D eigenvalue weighted by Crippen LogP contribution is 2.32. The Morgan fingerprint density at radius 1 is 1.07 bits per heavy atom. The highest BCUT2D eigenvalue weighted by Gasteiger charge is 2.26. The summed E-state index contributed by atoms with van der Waals surface area (Å²) in [4.78, 5) is 15.0. The molecule has 1 atom stereocenters. The molecular weight excluding hydrogens is 352 g/mol. The Morgan fingerprint density at radius 3 is 2.43 bits per heavy atom. The molecule has 0 unspecified atom stereocenters. The van der Waals surface area contributed by atoms with Crippen molar-refractivity contribution in [1.29, 1.82) is 0 Å². The molecule has 1 amide bonds. The van der Waals surface area contributed by atoms with Gasteiger partial charge in [-0.25, -0.2) is 0 Å². The number of hydrogen-bond acceptors (Lipinski definition) is 4. The molecule has 0 spiro atoms. The van der Waals surface area contributed by atoms with Crippen molar-refractivity contribution in [2.45, 2.75) is 32.4 Å². The van der Waals surface area contributed by atoms with Gasteiger partial charge in [-0.2, -0.15) is 0 Å². The minimum Gasteiger partial charge on any atom is -0.493 e. The molecule has 2 aromatic carbocycles. The number of benzene rings is 2. The highest BCUT2D eigenvalue weighted by molar-refractivity contribution is 5.79. The van der Waals surface area contributed by atoms with Crippen molar-refractivity contribution in [2.24, 2.45) is 5.92 Å². The Kier molecular flexibility index (Phi) is 6.93. The summed E-state index contributed by atoms with van der Waals surface area (Å²) < 4.78 is 10.9. The van der Waals surface area contributed by atoms with Gasteiger partial charge in [0.25, 0.3) is 0 Å². The molecule has 5 heteroatoms. The molecule has 1 aliphatic rings. The van der Waals surface area contributed by atoms with Gasteiger partial charge in [0.15, 0.2) is 11.5 Å². The number of nitrogens with zero attached hydrogens (tertiary/aromatic N) is 1. The molecule has 0 saturated carbocycles. The van der Waals surface area contributed by atoms with Gasteiger partial charge in [0.05, 0.1) is 20.3 Å². The van der Waals surface area contributed by atoms with E-state index in [1.807, 2.05) is 37.3 Å². The predicted molar refractivity (Wildman–Crippen MR) is 111 cm³/mol. The Balaban J connectivity index is 1.53. The third kappa shape index (κ3) is 4.84. The van der Waals surface area contributed by atoms with E-state index in [1.165, 1.54) is 0 Å². The van der Waals surface area contributed by atoms with Crippen LogP contribution in [0.4, 0.5) is 0 Å². The Bertz CT molecular complexity index is 771. The lowest BCUT2D eigenvalue weighted by atomic mass is 9.94. The molecule has 3 rings (SSSR count). The normalized spacial score (nSPS) is 16.4. The van der Waals surface area contributed by atoms with Gasteiger partial charge in [-0.05, 0) is 44.5 Å². The van der Waals surface area contributed by atoms with E-state index in [0.717, 1.165) is 55.1 Å². The number of nitrogens with one attached hydrogen (secondary N) is 1. The molecule has 1 N–H and O–H groups in total. The van der Waals surface area contributed by atoms with Crippen LogP contribution in [0, 0.1) is 5.92 Å². The van der Waals surface area contributed by atoms with E-state index in [1.54, 1.807) is 14.2 Å². The average molecular weight is 383 g/mol. The molecule has 150 valence electrons. The largest absolute Gasteiger partial charge is 0.493 e. The van der Waals surface area contributed by atoms with Crippen LogP contribution in [0.15, 0.2) is 48.5 Å². The monoisotopic (exact) mass is 382 g/mol. The summed E-state index contributed by atoms with van der Waals surface area (Å²) in [6.07, 6.45) is 1.75. The summed E-state index contributed by atoms with van der Waals surface area (Å²) in [5.41, 5.74) is 2.25. The number of ether oxygens (including phenoxy) is 2. The molecule has 2 aromatic rings. The minimum atomic E-state index is 0.0350. The van der Waals surface area contributed by atoms with Crippen LogP contribution in [-0.2, 0) is 11.3 Å². The van der Waals surface area contributed by atoms with Crippen LogP contribution in [0.3, 0.4) is 0 Å². The maximum Gasteiger partial charge on any atom is 0.223 e. The topological polar surface area (TPSA) is 50.8 Å². The number of methoxy groups -OCH3 is 2. The lowest BCUT2D eigenvalue weighted by molar-refractivity contribution is -0.127. The van der Waals surface area contributed by atoms with Crippen LogP contribution >= 0.6 is 0 Å². The first-order valence-corrected chi connectivity index (χ1v) is 9.90. The molecule has 1 fully saturated rings. The fraction of sp³-hybridized carbons (Fsp3) is 0.435. The van der Waals surface area contributed by atoms with Crippen LogP contribution in [0.25, 0.3) is 0 Å². The Labute approximate surface area is 167 Å². The molecule has 5 nitrogen and oxygen atoms in total. The van der Waals surface area contributed by atoms with Gasteiger partial charge in [-0.3, -0.25) is 9.69 Å². The van der Waals surface area contributed by atoms with E-state index in [9.17, 15) is 4.79 Å². The maximum absolute atomic E-state index is 12.7. The Morgan fingerprint density at radius 2 is 1.79 bits per heavy atom. The van der Waals surface area contributed by atoms with E-state index in [4.69, 9.17) is 9.47 Å². The number of carbonyl (C=O) groups is 1. The zero-order chi connectivity index (χ0) is 19.9. The summed E-state index contributed by atoms with van der Waals surface area (Å²) >= 11 is 0. The Hall–Kier alpha value is -2.53. The second-order valence-electron chi connectivity index (χ2n) is 7.34. The van der Waals surface area contributed by atoms with E-state index in [-0.39, 0.29) is 17.9 Å². The molecular formula is C23H30N2O3. The maximum atomic E-state index is 12.7. The fourth-order valence-electron chi connectivity index (χ4n) is 3.83. The second kappa shape index (κ2) is 9.60. The molecule has 0 aromatic heterocycles. The highest BCUT2D eigenvalue weighted by atomic mass is 16.5. The number of hydrogen-bond donors (Lipinski definition) is 1. The average Bonchev–Trinajstić information content (AvgIpc) is 2.74. The quantitative estimate of drug-likeness (QED) is 0.792. The van der Waals surface area contributed by atoms with Gasteiger partial charge in [0.2, 0.25) is 5.91 Å². The number of para-hydroxylation sites is 1. The van der Waals surface area contributed by atoms with Gasteiger partial charge in [-0.1, -0.05) is 42.5 Å². The SMILES string of the molecule is COc1cccc(CN2CCC(C(=O)N[C@H](C)c3ccccc3)CC2)c1OC. The van der Waals surface area contributed by atoms with Crippen molar-refractivity contribution in [3.8, 4) is 11.5 Å². The third-order valence-electron chi connectivity index (χ3n) is 5.50. The van der Waals surface area contributed by atoms with Gasteiger partial charge < -0.3 is 14.8 Å². The first-order valence-electron chi connectivity index (χ1n) is 9.90. The molecule has 0 bridgehead atoms. The smallest absolute Gasteiger partial charge is 0.223 e. The summed E-state index contributed by atoms with van der Waals surface area (Å²) in [5, 5.41) is 3.17. The molecule has 28 heavy (non-hydrogen) atoms. The fourth-order valence-corrected chi connectivity index (χ4v) is 3.83. The predicted octanol–water partition coefficient (Wildman–Crippen LogP) is 3.79. The summed E-state index contributed by atoms with van der Waals surface area (Å²) in [7, 11) is 3.33. The number of carbonyl (C=O) groups excluding carboxylic acids is 1. The van der Waals surface area contributed by atoms with Crippen LogP contribution in [0.1, 0.15) is 36.9 Å². The van der Waals surface area contributed by atoms with Crippen molar-refractivity contribution < 1.29 is 14.3 Å². The third-order valence-corrected chi connectivity index (χ3v) is 5.50. The van der Waals surface area contributed by atoms with Crippen molar-refractivity contribution >= 4 is 5.91 Å². The van der Waals surface area contributed by atoms with Crippen molar-refractivity contribution in [2.75, 3.05) is 27.3 Å². The van der Waals surface area contributed by atoms with Gasteiger partial charge >= 0.3 is 0 Å².